The molecule has 0 aliphatic rings. The molecule has 1 rings (SSSR count). The van der Waals surface area contributed by atoms with Crippen molar-refractivity contribution in [2.75, 3.05) is 7.11 Å². The van der Waals surface area contributed by atoms with Gasteiger partial charge in [0.05, 0.1) is 17.7 Å². The van der Waals surface area contributed by atoms with E-state index in [0.717, 1.165) is 18.2 Å². The Morgan fingerprint density at radius 1 is 1.25 bits per heavy atom. The van der Waals surface area contributed by atoms with E-state index in [4.69, 9.17) is 11.6 Å². The van der Waals surface area contributed by atoms with E-state index in [1.165, 1.54) is 7.11 Å². The Labute approximate surface area is 118 Å². The summed E-state index contributed by atoms with van der Waals surface area (Å²) >= 11 is 5.73. The highest BCUT2D eigenvalue weighted by Gasteiger charge is 2.31. The first kappa shape index (κ1) is 16.5. The number of carbonyl (C=O) groups excluding carboxylic acids is 2. The van der Waals surface area contributed by atoms with Gasteiger partial charge in [-0.3, -0.25) is 9.59 Å². The number of alkyl halides is 3. The van der Waals surface area contributed by atoms with Gasteiger partial charge in [0.2, 0.25) is 0 Å². The maximum atomic E-state index is 12.6. The Bertz CT molecular complexity index is 512. The van der Waals surface area contributed by atoms with E-state index in [-0.39, 0.29) is 29.8 Å². The van der Waals surface area contributed by atoms with Crippen molar-refractivity contribution in [1.29, 1.82) is 0 Å². The number of esters is 1. The molecule has 0 unspecified atom stereocenters. The van der Waals surface area contributed by atoms with Gasteiger partial charge in [0, 0.05) is 18.4 Å². The first-order valence-corrected chi connectivity index (χ1v) is 6.10. The molecule has 0 radical (unpaired) electrons. The minimum Gasteiger partial charge on any atom is -0.469 e. The molecule has 7 heteroatoms. The minimum absolute atomic E-state index is 0.0266. The second-order valence-electron chi connectivity index (χ2n) is 4.05. The molecule has 0 heterocycles. The molecular weight excluding hydrogens is 297 g/mol. The van der Waals surface area contributed by atoms with Crippen molar-refractivity contribution in [3.8, 4) is 0 Å². The lowest BCUT2D eigenvalue weighted by Crippen LogP contribution is -2.09. The van der Waals surface area contributed by atoms with Crippen LogP contribution in [0.1, 0.15) is 35.2 Å². The molecule has 0 amide bonds. The first-order chi connectivity index (χ1) is 9.25. The molecule has 3 nitrogen and oxygen atoms in total. The van der Waals surface area contributed by atoms with E-state index in [0.29, 0.717) is 0 Å². The summed E-state index contributed by atoms with van der Waals surface area (Å²) in [5, 5.41) is -0.0407. The molecule has 0 aliphatic heterocycles. The number of benzene rings is 1. The summed E-state index contributed by atoms with van der Waals surface area (Å²) in [5.41, 5.74) is -1.12. The second kappa shape index (κ2) is 6.74. The summed E-state index contributed by atoms with van der Waals surface area (Å²) in [6.07, 6.45) is -4.39. The van der Waals surface area contributed by atoms with Gasteiger partial charge in [-0.2, -0.15) is 13.2 Å². The van der Waals surface area contributed by atoms with Crippen LogP contribution in [0.25, 0.3) is 0 Å². The van der Waals surface area contributed by atoms with Crippen molar-refractivity contribution in [3.63, 3.8) is 0 Å². The van der Waals surface area contributed by atoms with Crippen molar-refractivity contribution < 1.29 is 27.5 Å². The SMILES string of the molecule is COC(=O)CCCC(=O)c1cc(C(F)(F)F)ccc1Cl. The third-order valence-electron chi connectivity index (χ3n) is 2.61. The molecule has 1 aromatic carbocycles. The zero-order valence-electron chi connectivity index (χ0n) is 10.6. The highest BCUT2D eigenvalue weighted by molar-refractivity contribution is 6.34. The summed E-state index contributed by atoms with van der Waals surface area (Å²) in [4.78, 5) is 22.7. The highest BCUT2D eigenvalue weighted by atomic mass is 35.5. The summed E-state index contributed by atoms with van der Waals surface area (Å²) in [6, 6.07) is 2.58. The lowest BCUT2D eigenvalue weighted by atomic mass is 10.0. The quantitative estimate of drug-likeness (QED) is 0.612. The van der Waals surface area contributed by atoms with Crippen molar-refractivity contribution in [3.05, 3.63) is 34.3 Å². The van der Waals surface area contributed by atoms with E-state index >= 15 is 0 Å². The maximum Gasteiger partial charge on any atom is 0.416 e. The number of rotatable bonds is 5. The largest absolute Gasteiger partial charge is 0.469 e. The molecule has 0 aliphatic carbocycles. The molecule has 0 saturated heterocycles. The van der Waals surface area contributed by atoms with Gasteiger partial charge in [-0.25, -0.2) is 0 Å². The second-order valence-corrected chi connectivity index (χ2v) is 4.45. The van der Waals surface area contributed by atoms with Gasteiger partial charge in [-0.05, 0) is 24.6 Å². The van der Waals surface area contributed by atoms with Crippen LogP contribution in [0.4, 0.5) is 13.2 Å². The van der Waals surface area contributed by atoms with E-state index in [9.17, 15) is 22.8 Å². The Morgan fingerprint density at radius 2 is 1.90 bits per heavy atom. The lowest BCUT2D eigenvalue weighted by molar-refractivity contribution is -0.140. The Kier molecular flexibility index (Phi) is 5.56. The van der Waals surface area contributed by atoms with Crippen molar-refractivity contribution in [2.24, 2.45) is 0 Å². The van der Waals surface area contributed by atoms with Crippen molar-refractivity contribution in [1.82, 2.24) is 0 Å². The number of halogens is 4. The smallest absolute Gasteiger partial charge is 0.416 e. The number of methoxy groups -OCH3 is 1. The van der Waals surface area contributed by atoms with Gasteiger partial charge in [-0.1, -0.05) is 11.6 Å². The summed E-state index contributed by atoms with van der Waals surface area (Å²) in [7, 11) is 1.22. The molecule has 0 N–H and O–H groups in total. The molecule has 1 aromatic rings. The Balaban J connectivity index is 2.79. The topological polar surface area (TPSA) is 43.4 Å². The molecule has 0 spiro atoms. The van der Waals surface area contributed by atoms with Crippen LogP contribution in [-0.2, 0) is 15.7 Å². The van der Waals surface area contributed by atoms with Crippen LogP contribution in [0.5, 0.6) is 0 Å². The Morgan fingerprint density at radius 3 is 2.45 bits per heavy atom. The number of hydrogen-bond acceptors (Lipinski definition) is 3. The van der Waals surface area contributed by atoms with Gasteiger partial charge >= 0.3 is 12.1 Å². The van der Waals surface area contributed by atoms with Gasteiger partial charge in [0.15, 0.2) is 5.78 Å². The Hall–Kier alpha value is -1.56. The summed E-state index contributed by atoms with van der Waals surface area (Å²) < 4.78 is 42.1. The van der Waals surface area contributed by atoms with Gasteiger partial charge < -0.3 is 4.74 Å². The van der Waals surface area contributed by atoms with Gasteiger partial charge in [-0.15, -0.1) is 0 Å². The predicted molar refractivity (Wildman–Crippen MR) is 66.7 cm³/mol. The van der Waals surface area contributed by atoms with E-state index in [2.05, 4.69) is 4.74 Å². The monoisotopic (exact) mass is 308 g/mol. The molecule has 0 saturated carbocycles. The predicted octanol–water partition coefficient (Wildman–Crippen LogP) is 3.88. The number of carbonyl (C=O) groups is 2. The molecule has 0 fully saturated rings. The lowest BCUT2D eigenvalue weighted by Gasteiger charge is -2.09. The number of hydrogen-bond donors (Lipinski definition) is 0. The van der Waals surface area contributed by atoms with E-state index in [1.807, 2.05) is 0 Å². The van der Waals surface area contributed by atoms with E-state index in [1.54, 1.807) is 0 Å². The molecule has 0 aromatic heterocycles. The highest BCUT2D eigenvalue weighted by Crippen LogP contribution is 2.32. The van der Waals surface area contributed by atoms with E-state index < -0.39 is 23.5 Å². The number of Topliss-reactive ketones (excluding diaryl/α,β-unsaturated/α-hetero) is 1. The molecular formula is C13H12ClF3O3. The fraction of sp³-hybridized carbons (Fsp3) is 0.385. The fourth-order valence-corrected chi connectivity index (χ4v) is 1.77. The van der Waals surface area contributed by atoms with Crippen LogP contribution in [0, 0.1) is 0 Å². The van der Waals surface area contributed by atoms with Crippen LogP contribution in [0.15, 0.2) is 18.2 Å². The average Bonchev–Trinajstić information content (AvgIpc) is 2.37. The standard InChI is InChI=1S/C13H12ClF3O3/c1-20-12(19)4-2-3-11(18)9-7-8(13(15,16)17)5-6-10(9)14/h5-7H,2-4H2,1H3. The maximum absolute atomic E-state index is 12.6. The molecule has 20 heavy (non-hydrogen) atoms. The molecule has 110 valence electrons. The molecule has 0 bridgehead atoms. The van der Waals surface area contributed by atoms with Crippen LogP contribution < -0.4 is 0 Å². The number of ketones is 1. The van der Waals surface area contributed by atoms with Gasteiger partial charge in [0.1, 0.15) is 0 Å². The minimum atomic E-state index is -4.54. The van der Waals surface area contributed by atoms with Gasteiger partial charge in [0.25, 0.3) is 0 Å². The fourth-order valence-electron chi connectivity index (χ4n) is 1.55. The zero-order valence-corrected chi connectivity index (χ0v) is 11.3. The first-order valence-electron chi connectivity index (χ1n) is 5.72. The van der Waals surface area contributed by atoms with Crippen molar-refractivity contribution in [2.45, 2.75) is 25.4 Å². The van der Waals surface area contributed by atoms with Crippen LogP contribution in [0.2, 0.25) is 5.02 Å². The van der Waals surface area contributed by atoms with Crippen molar-refractivity contribution >= 4 is 23.4 Å². The molecule has 0 atom stereocenters. The third kappa shape index (κ3) is 4.52. The normalized spacial score (nSPS) is 11.2. The zero-order chi connectivity index (χ0) is 15.3. The van der Waals surface area contributed by atoms with Crippen LogP contribution >= 0.6 is 11.6 Å². The average molecular weight is 309 g/mol. The van der Waals surface area contributed by atoms with Crippen LogP contribution in [0.3, 0.4) is 0 Å². The summed E-state index contributed by atoms with van der Waals surface area (Å²) in [6.45, 7) is 0. The summed E-state index contributed by atoms with van der Waals surface area (Å²) in [5.74, 6) is -1.02. The van der Waals surface area contributed by atoms with Crippen LogP contribution in [-0.4, -0.2) is 18.9 Å². The number of ether oxygens (including phenoxy) is 1. The third-order valence-corrected chi connectivity index (χ3v) is 2.94.